The molecule has 1 atom stereocenters. The lowest BCUT2D eigenvalue weighted by Gasteiger charge is -2.18. The third kappa shape index (κ3) is 5.44. The second kappa shape index (κ2) is 9.39. The Morgan fingerprint density at radius 2 is 1.84 bits per heavy atom. The lowest BCUT2D eigenvalue weighted by molar-refractivity contribution is -0.0579. The van der Waals surface area contributed by atoms with Gasteiger partial charge >= 0.3 is 5.97 Å². The molecule has 134 valence electrons. The van der Waals surface area contributed by atoms with Gasteiger partial charge in [0.05, 0.1) is 25.5 Å². The van der Waals surface area contributed by atoms with Gasteiger partial charge in [0.25, 0.3) is 0 Å². The standard InChI is InChI=1S/C18H20BrNO5/c1-22-16-10-8-14(19)15(20-16)9-11-17(23-2)25-13-6-4-12(5-7-13)18(21)24-3/h4-8,10,17H,9,11H2,1-3H3. The molecule has 0 fully saturated rings. The number of nitrogens with zero attached hydrogens (tertiary/aromatic N) is 1. The van der Waals surface area contributed by atoms with Gasteiger partial charge < -0.3 is 18.9 Å². The van der Waals surface area contributed by atoms with Crippen molar-refractivity contribution in [2.24, 2.45) is 0 Å². The number of aromatic nitrogens is 1. The Kier molecular flexibility index (Phi) is 7.21. The number of methoxy groups -OCH3 is 3. The van der Waals surface area contributed by atoms with Crippen LogP contribution in [0.15, 0.2) is 40.9 Å². The fourth-order valence-corrected chi connectivity index (χ4v) is 2.59. The number of hydrogen-bond donors (Lipinski definition) is 0. The third-order valence-electron chi connectivity index (χ3n) is 3.52. The fourth-order valence-electron chi connectivity index (χ4n) is 2.17. The predicted octanol–water partition coefficient (Wildman–Crippen LogP) is 3.62. The van der Waals surface area contributed by atoms with Crippen molar-refractivity contribution in [1.29, 1.82) is 0 Å². The molecule has 0 aliphatic heterocycles. The minimum Gasteiger partial charge on any atom is -0.481 e. The van der Waals surface area contributed by atoms with Crippen LogP contribution in [-0.4, -0.2) is 38.6 Å². The first-order valence-electron chi connectivity index (χ1n) is 7.64. The maximum Gasteiger partial charge on any atom is 0.337 e. The summed E-state index contributed by atoms with van der Waals surface area (Å²) < 4.78 is 21.9. The molecule has 25 heavy (non-hydrogen) atoms. The monoisotopic (exact) mass is 409 g/mol. The molecule has 0 saturated heterocycles. The van der Waals surface area contributed by atoms with E-state index in [0.717, 1.165) is 10.2 Å². The average molecular weight is 410 g/mol. The molecule has 2 aromatic rings. The Morgan fingerprint density at radius 1 is 1.12 bits per heavy atom. The maximum absolute atomic E-state index is 11.4. The lowest BCUT2D eigenvalue weighted by Crippen LogP contribution is -2.20. The summed E-state index contributed by atoms with van der Waals surface area (Å²) in [5.74, 6) is 0.785. The quantitative estimate of drug-likeness (QED) is 0.489. The Balaban J connectivity index is 1.97. The normalized spacial score (nSPS) is 11.7. The summed E-state index contributed by atoms with van der Waals surface area (Å²) in [5.41, 5.74) is 1.33. The van der Waals surface area contributed by atoms with Crippen LogP contribution >= 0.6 is 15.9 Å². The summed E-state index contributed by atoms with van der Waals surface area (Å²) in [7, 11) is 4.51. The molecule has 6 nitrogen and oxygen atoms in total. The van der Waals surface area contributed by atoms with Crippen LogP contribution in [0.5, 0.6) is 11.6 Å². The van der Waals surface area contributed by atoms with E-state index >= 15 is 0 Å². The van der Waals surface area contributed by atoms with Crippen molar-refractivity contribution in [3.05, 3.63) is 52.1 Å². The van der Waals surface area contributed by atoms with Crippen LogP contribution in [0.4, 0.5) is 0 Å². The number of halogens is 1. The number of carbonyl (C=O) groups excluding carboxylic acids is 1. The van der Waals surface area contributed by atoms with Gasteiger partial charge in [-0.25, -0.2) is 9.78 Å². The molecule has 0 spiro atoms. The van der Waals surface area contributed by atoms with Crippen molar-refractivity contribution in [1.82, 2.24) is 4.98 Å². The highest BCUT2D eigenvalue weighted by Crippen LogP contribution is 2.22. The van der Waals surface area contributed by atoms with Crippen molar-refractivity contribution in [3.8, 4) is 11.6 Å². The molecule has 0 amide bonds. The molecule has 0 saturated carbocycles. The highest BCUT2D eigenvalue weighted by atomic mass is 79.9. The number of ether oxygens (including phenoxy) is 4. The highest BCUT2D eigenvalue weighted by Gasteiger charge is 2.13. The smallest absolute Gasteiger partial charge is 0.337 e. The topological polar surface area (TPSA) is 66.9 Å². The highest BCUT2D eigenvalue weighted by molar-refractivity contribution is 9.10. The largest absolute Gasteiger partial charge is 0.481 e. The van der Waals surface area contributed by atoms with Gasteiger partial charge in [0.1, 0.15) is 5.75 Å². The third-order valence-corrected chi connectivity index (χ3v) is 4.25. The van der Waals surface area contributed by atoms with Crippen molar-refractivity contribution < 1.29 is 23.7 Å². The van der Waals surface area contributed by atoms with Crippen LogP contribution in [0.2, 0.25) is 0 Å². The molecule has 0 bridgehead atoms. The van der Waals surface area contributed by atoms with Crippen LogP contribution < -0.4 is 9.47 Å². The van der Waals surface area contributed by atoms with Gasteiger partial charge in [0.2, 0.25) is 5.88 Å². The zero-order chi connectivity index (χ0) is 18.2. The number of carbonyl (C=O) groups is 1. The number of rotatable bonds is 8. The minimum atomic E-state index is -0.441. The molecule has 0 aliphatic carbocycles. The molecule has 1 heterocycles. The molecule has 7 heteroatoms. The molecular weight excluding hydrogens is 390 g/mol. The molecule has 1 aromatic carbocycles. The lowest BCUT2D eigenvalue weighted by atomic mass is 10.2. The van der Waals surface area contributed by atoms with Crippen LogP contribution in [0.25, 0.3) is 0 Å². The molecule has 0 aliphatic rings. The predicted molar refractivity (Wildman–Crippen MR) is 96.0 cm³/mol. The number of hydrogen-bond acceptors (Lipinski definition) is 6. The Bertz CT molecular complexity index is 705. The van der Waals surface area contributed by atoms with Gasteiger partial charge in [0.15, 0.2) is 6.29 Å². The molecule has 0 N–H and O–H groups in total. The number of pyridine rings is 1. The van der Waals surface area contributed by atoms with Crippen molar-refractivity contribution in [2.45, 2.75) is 19.1 Å². The summed E-state index contributed by atoms with van der Waals surface area (Å²) in [6, 6.07) is 10.4. The van der Waals surface area contributed by atoms with Gasteiger partial charge in [-0.1, -0.05) is 0 Å². The van der Waals surface area contributed by atoms with Crippen LogP contribution in [0, 0.1) is 0 Å². The van der Waals surface area contributed by atoms with E-state index in [9.17, 15) is 4.79 Å². The Labute approximate surface area is 155 Å². The number of esters is 1. The van der Waals surface area contributed by atoms with Gasteiger partial charge in [-0.3, -0.25) is 0 Å². The zero-order valence-corrected chi connectivity index (χ0v) is 15.9. The van der Waals surface area contributed by atoms with Crippen LogP contribution in [0.3, 0.4) is 0 Å². The second-order valence-electron chi connectivity index (χ2n) is 5.12. The fraction of sp³-hybridized carbons (Fsp3) is 0.333. The van der Waals surface area contributed by atoms with E-state index in [-0.39, 0.29) is 5.97 Å². The molecule has 2 rings (SSSR count). The first kappa shape index (κ1) is 19.2. The van der Waals surface area contributed by atoms with E-state index in [1.54, 1.807) is 44.6 Å². The van der Waals surface area contributed by atoms with Gasteiger partial charge in [-0.2, -0.15) is 0 Å². The summed E-state index contributed by atoms with van der Waals surface area (Å²) in [6.45, 7) is 0. The van der Waals surface area contributed by atoms with E-state index in [4.69, 9.17) is 14.2 Å². The van der Waals surface area contributed by atoms with E-state index in [1.807, 2.05) is 6.07 Å². The van der Waals surface area contributed by atoms with E-state index in [2.05, 4.69) is 25.7 Å². The van der Waals surface area contributed by atoms with Crippen molar-refractivity contribution in [3.63, 3.8) is 0 Å². The van der Waals surface area contributed by atoms with E-state index in [1.165, 1.54) is 7.11 Å². The average Bonchev–Trinajstić information content (AvgIpc) is 2.66. The first-order valence-corrected chi connectivity index (χ1v) is 8.44. The summed E-state index contributed by atoms with van der Waals surface area (Å²) >= 11 is 3.48. The molecule has 0 radical (unpaired) electrons. The number of aryl methyl sites for hydroxylation is 1. The summed E-state index contributed by atoms with van der Waals surface area (Å²) in [5, 5.41) is 0. The van der Waals surface area contributed by atoms with Gasteiger partial charge in [-0.15, -0.1) is 0 Å². The summed E-state index contributed by atoms with van der Waals surface area (Å²) in [6.07, 6.45) is 0.814. The second-order valence-corrected chi connectivity index (χ2v) is 5.97. The van der Waals surface area contributed by atoms with Gasteiger partial charge in [-0.05, 0) is 52.7 Å². The van der Waals surface area contributed by atoms with Crippen LogP contribution in [-0.2, 0) is 15.9 Å². The van der Waals surface area contributed by atoms with Gasteiger partial charge in [0, 0.05) is 24.1 Å². The summed E-state index contributed by atoms with van der Waals surface area (Å²) in [4.78, 5) is 15.9. The van der Waals surface area contributed by atoms with Crippen molar-refractivity contribution in [2.75, 3.05) is 21.3 Å². The minimum absolute atomic E-state index is 0.385. The van der Waals surface area contributed by atoms with E-state index < -0.39 is 6.29 Å². The molecular formula is C18H20BrNO5. The Morgan fingerprint density at radius 3 is 2.44 bits per heavy atom. The molecule has 1 aromatic heterocycles. The van der Waals surface area contributed by atoms with Crippen LogP contribution in [0.1, 0.15) is 22.5 Å². The van der Waals surface area contributed by atoms with Crippen molar-refractivity contribution >= 4 is 21.9 Å². The molecule has 1 unspecified atom stereocenters. The SMILES string of the molecule is COC(=O)c1ccc(OC(CCc2nc(OC)ccc2Br)OC)cc1. The Hall–Kier alpha value is -2.12. The maximum atomic E-state index is 11.4. The zero-order valence-electron chi connectivity index (χ0n) is 14.3. The first-order chi connectivity index (χ1) is 12.1. The van der Waals surface area contributed by atoms with E-state index in [0.29, 0.717) is 30.0 Å². The number of benzene rings is 1.